The van der Waals surface area contributed by atoms with E-state index in [1.165, 1.54) is 0 Å². The molecule has 1 aromatic carbocycles. The Labute approximate surface area is 134 Å². The molecule has 1 aromatic rings. The summed E-state index contributed by atoms with van der Waals surface area (Å²) in [6.45, 7) is 0. The SMILES string of the molecule is CSc1ccccc1NC(=O)[C@@H]1C2CCC(CC2)[C@@H]1C(=O)O. The van der Waals surface area contributed by atoms with Gasteiger partial charge in [-0.15, -0.1) is 11.8 Å². The number of anilines is 1. The lowest BCUT2D eigenvalue weighted by Crippen LogP contribution is -2.49. The lowest BCUT2D eigenvalue weighted by molar-refractivity contribution is -0.156. The summed E-state index contributed by atoms with van der Waals surface area (Å²) >= 11 is 1.58. The van der Waals surface area contributed by atoms with Gasteiger partial charge in [-0.25, -0.2) is 0 Å². The van der Waals surface area contributed by atoms with Crippen LogP contribution in [0.3, 0.4) is 0 Å². The highest BCUT2D eigenvalue weighted by Crippen LogP contribution is 2.49. The van der Waals surface area contributed by atoms with Crippen LogP contribution in [-0.2, 0) is 9.59 Å². The number of nitrogens with one attached hydrogen (secondary N) is 1. The quantitative estimate of drug-likeness (QED) is 0.834. The van der Waals surface area contributed by atoms with Crippen molar-refractivity contribution in [3.05, 3.63) is 24.3 Å². The molecule has 2 atom stereocenters. The molecule has 22 heavy (non-hydrogen) atoms. The summed E-state index contributed by atoms with van der Waals surface area (Å²) in [7, 11) is 0. The van der Waals surface area contributed by atoms with Gasteiger partial charge in [0.1, 0.15) is 0 Å². The zero-order chi connectivity index (χ0) is 15.7. The molecule has 0 saturated heterocycles. The van der Waals surface area contributed by atoms with E-state index in [0.717, 1.165) is 36.3 Å². The highest BCUT2D eigenvalue weighted by molar-refractivity contribution is 7.98. The van der Waals surface area contributed by atoms with Gasteiger partial charge in [-0.05, 0) is 55.9 Å². The number of aliphatic carboxylic acids is 1. The fourth-order valence-corrected chi connectivity index (χ4v) is 4.70. The third-order valence-corrected chi connectivity index (χ3v) is 5.97. The number of para-hydroxylation sites is 1. The number of carbonyl (C=O) groups is 2. The van der Waals surface area contributed by atoms with Crippen LogP contribution in [0.5, 0.6) is 0 Å². The molecular weight excluding hydrogens is 298 g/mol. The van der Waals surface area contributed by atoms with Crippen molar-refractivity contribution >= 4 is 29.3 Å². The second-order valence-corrected chi connectivity index (χ2v) is 7.10. The summed E-state index contributed by atoms with van der Waals surface area (Å²) < 4.78 is 0. The monoisotopic (exact) mass is 319 g/mol. The first-order valence-corrected chi connectivity index (χ1v) is 9.01. The second-order valence-electron chi connectivity index (χ2n) is 6.25. The van der Waals surface area contributed by atoms with Crippen LogP contribution in [0.4, 0.5) is 5.69 Å². The summed E-state index contributed by atoms with van der Waals surface area (Å²) in [6.07, 6.45) is 5.83. The van der Waals surface area contributed by atoms with Crippen LogP contribution in [0.25, 0.3) is 0 Å². The number of benzene rings is 1. The first-order valence-electron chi connectivity index (χ1n) is 7.78. The van der Waals surface area contributed by atoms with Crippen LogP contribution in [0.2, 0.25) is 0 Å². The third-order valence-electron chi connectivity index (χ3n) is 5.17. The number of carbonyl (C=O) groups excluding carboxylic acids is 1. The predicted octanol–water partition coefficient (Wildman–Crippen LogP) is 3.48. The zero-order valence-electron chi connectivity index (χ0n) is 12.6. The van der Waals surface area contributed by atoms with Gasteiger partial charge in [0, 0.05) is 4.90 Å². The Morgan fingerprint density at radius 2 is 1.68 bits per heavy atom. The molecule has 0 aromatic heterocycles. The van der Waals surface area contributed by atoms with Gasteiger partial charge in [0.2, 0.25) is 5.91 Å². The summed E-state index contributed by atoms with van der Waals surface area (Å²) in [5, 5.41) is 12.5. The summed E-state index contributed by atoms with van der Waals surface area (Å²) in [6, 6.07) is 7.66. The van der Waals surface area contributed by atoms with E-state index in [-0.39, 0.29) is 23.7 Å². The van der Waals surface area contributed by atoms with Crippen molar-refractivity contribution in [1.29, 1.82) is 0 Å². The number of thioether (sulfide) groups is 1. The molecule has 4 nitrogen and oxygen atoms in total. The van der Waals surface area contributed by atoms with Gasteiger partial charge in [0.05, 0.1) is 17.5 Å². The molecule has 0 radical (unpaired) electrons. The Kier molecular flexibility index (Phi) is 4.43. The lowest BCUT2D eigenvalue weighted by Gasteiger charge is -2.45. The van der Waals surface area contributed by atoms with Crippen LogP contribution in [0.1, 0.15) is 25.7 Å². The molecule has 0 unspecified atom stereocenters. The number of rotatable bonds is 4. The largest absolute Gasteiger partial charge is 0.481 e. The van der Waals surface area contributed by atoms with Crippen LogP contribution in [-0.4, -0.2) is 23.2 Å². The lowest BCUT2D eigenvalue weighted by atomic mass is 9.58. The number of hydrogen-bond donors (Lipinski definition) is 2. The van der Waals surface area contributed by atoms with Crippen molar-refractivity contribution in [2.45, 2.75) is 30.6 Å². The number of fused-ring (bicyclic) bond motifs is 3. The Hall–Kier alpha value is -1.49. The topological polar surface area (TPSA) is 66.4 Å². The van der Waals surface area contributed by atoms with Crippen molar-refractivity contribution in [3.63, 3.8) is 0 Å². The van der Waals surface area contributed by atoms with E-state index in [2.05, 4.69) is 5.32 Å². The predicted molar refractivity (Wildman–Crippen MR) is 86.9 cm³/mol. The Morgan fingerprint density at radius 3 is 2.27 bits per heavy atom. The maximum absolute atomic E-state index is 12.8. The van der Waals surface area contributed by atoms with E-state index >= 15 is 0 Å². The van der Waals surface area contributed by atoms with E-state index in [0.29, 0.717) is 0 Å². The number of hydrogen-bond acceptors (Lipinski definition) is 3. The fourth-order valence-electron chi connectivity index (χ4n) is 4.15. The minimum atomic E-state index is -0.812. The molecule has 3 fully saturated rings. The second kappa shape index (κ2) is 6.32. The number of carboxylic acid groups (broad SMARTS) is 1. The summed E-state index contributed by atoms with van der Waals surface area (Å²) in [4.78, 5) is 25.4. The number of amides is 1. The molecule has 3 aliphatic carbocycles. The molecule has 1 amide bonds. The highest BCUT2D eigenvalue weighted by atomic mass is 32.2. The Morgan fingerprint density at radius 1 is 1.09 bits per heavy atom. The molecule has 118 valence electrons. The molecule has 4 rings (SSSR count). The molecule has 2 bridgehead atoms. The van der Waals surface area contributed by atoms with Gasteiger partial charge in [-0.2, -0.15) is 0 Å². The van der Waals surface area contributed by atoms with Crippen molar-refractivity contribution in [1.82, 2.24) is 0 Å². The van der Waals surface area contributed by atoms with Gasteiger partial charge in [-0.1, -0.05) is 12.1 Å². The maximum atomic E-state index is 12.8. The van der Waals surface area contributed by atoms with Crippen molar-refractivity contribution in [2.75, 3.05) is 11.6 Å². The normalized spacial score (nSPS) is 30.0. The maximum Gasteiger partial charge on any atom is 0.307 e. The molecular formula is C17H21NO3S. The van der Waals surface area contributed by atoms with Crippen molar-refractivity contribution in [2.24, 2.45) is 23.7 Å². The summed E-state index contributed by atoms with van der Waals surface area (Å²) in [5.74, 6) is -1.47. The molecule has 3 saturated carbocycles. The molecule has 0 spiro atoms. The van der Waals surface area contributed by atoms with Gasteiger partial charge in [-0.3, -0.25) is 9.59 Å². The van der Waals surface area contributed by atoms with Gasteiger partial charge >= 0.3 is 5.97 Å². The van der Waals surface area contributed by atoms with E-state index in [9.17, 15) is 14.7 Å². The van der Waals surface area contributed by atoms with Gasteiger partial charge in [0.15, 0.2) is 0 Å². The molecule has 0 aliphatic heterocycles. The fraction of sp³-hybridized carbons (Fsp3) is 0.529. The van der Waals surface area contributed by atoms with Gasteiger partial charge in [0.25, 0.3) is 0 Å². The van der Waals surface area contributed by atoms with Crippen molar-refractivity contribution < 1.29 is 14.7 Å². The van der Waals surface area contributed by atoms with Crippen LogP contribution in [0.15, 0.2) is 29.2 Å². The minimum Gasteiger partial charge on any atom is -0.481 e. The number of carboxylic acids is 1. The van der Waals surface area contributed by atoms with Gasteiger partial charge < -0.3 is 10.4 Å². The molecule has 0 heterocycles. The standard InChI is InChI=1S/C17H21NO3S/c1-22-13-5-3-2-4-12(13)18-16(19)14-10-6-8-11(9-7-10)15(14)17(20)21/h2-5,10-11,14-15H,6-9H2,1H3,(H,18,19)(H,20,21)/t10?,11?,14-,15+/m1/s1. The zero-order valence-corrected chi connectivity index (χ0v) is 13.4. The first kappa shape index (κ1) is 15.4. The van der Waals surface area contributed by atoms with E-state index in [1.54, 1.807) is 11.8 Å². The average molecular weight is 319 g/mol. The Balaban J connectivity index is 1.82. The third kappa shape index (κ3) is 2.74. The molecule has 3 aliphatic rings. The van der Waals surface area contributed by atoms with Crippen molar-refractivity contribution in [3.8, 4) is 0 Å². The van der Waals surface area contributed by atoms with E-state index in [1.807, 2.05) is 30.5 Å². The molecule has 2 N–H and O–H groups in total. The van der Waals surface area contributed by atoms with E-state index < -0.39 is 11.9 Å². The van der Waals surface area contributed by atoms with Crippen LogP contribution >= 0.6 is 11.8 Å². The minimum absolute atomic E-state index is 0.122. The highest BCUT2D eigenvalue weighted by Gasteiger charge is 2.50. The summed E-state index contributed by atoms with van der Waals surface area (Å²) in [5.41, 5.74) is 0.783. The molecule has 5 heteroatoms. The first-order chi connectivity index (χ1) is 10.6. The van der Waals surface area contributed by atoms with E-state index in [4.69, 9.17) is 0 Å². The van der Waals surface area contributed by atoms with Crippen LogP contribution in [0, 0.1) is 23.7 Å². The van der Waals surface area contributed by atoms with Crippen LogP contribution < -0.4 is 5.32 Å². The Bertz CT molecular complexity index is 581. The average Bonchev–Trinajstić information content (AvgIpc) is 2.55. The smallest absolute Gasteiger partial charge is 0.307 e.